The summed E-state index contributed by atoms with van der Waals surface area (Å²) < 4.78 is 62.0. The zero-order valence-electron chi connectivity index (χ0n) is 17.7. The van der Waals surface area contributed by atoms with E-state index in [9.17, 15) is 16.8 Å². The Labute approximate surface area is 184 Å². The van der Waals surface area contributed by atoms with E-state index in [1.807, 2.05) is 13.8 Å². The van der Waals surface area contributed by atoms with E-state index >= 15 is 0 Å². The van der Waals surface area contributed by atoms with E-state index in [0.29, 0.717) is 32.1 Å². The van der Waals surface area contributed by atoms with Crippen molar-refractivity contribution in [2.24, 2.45) is 11.8 Å². The van der Waals surface area contributed by atoms with E-state index in [4.69, 9.17) is 8.37 Å². The van der Waals surface area contributed by atoms with Crippen molar-refractivity contribution >= 4 is 20.2 Å². The van der Waals surface area contributed by atoms with Crippen LogP contribution in [0.5, 0.6) is 0 Å². The highest BCUT2D eigenvalue weighted by atomic mass is 32.2. The van der Waals surface area contributed by atoms with Gasteiger partial charge in [-0.05, 0) is 82.1 Å². The van der Waals surface area contributed by atoms with Crippen molar-refractivity contribution in [3.63, 3.8) is 0 Å². The summed E-state index contributed by atoms with van der Waals surface area (Å²) in [5, 5.41) is 0. The molecular formula is C23H28O6S2. The lowest BCUT2D eigenvalue weighted by Gasteiger charge is -2.43. The van der Waals surface area contributed by atoms with Gasteiger partial charge in [0.2, 0.25) is 0 Å². The minimum atomic E-state index is -3.82. The Bertz CT molecular complexity index is 1030. The van der Waals surface area contributed by atoms with Crippen LogP contribution in [0.2, 0.25) is 0 Å². The van der Waals surface area contributed by atoms with E-state index in [0.717, 1.165) is 11.1 Å². The number of hydrogen-bond acceptors (Lipinski definition) is 6. The Balaban J connectivity index is 1.40. The van der Waals surface area contributed by atoms with Crippen LogP contribution in [0, 0.1) is 25.7 Å². The molecule has 2 aliphatic rings. The standard InChI is InChI=1S/C23H28O6S2/c1-16-3-9-20(10-4-16)30(24,25)28-22-13-7-19-15-18(22)8-14-23(19)29-31(26,27)21-11-5-17(2)6-12-21/h3-6,9-12,18-19,22-23H,7-8,13-15H2,1-2H3/t18-,19+,22-,23-/m0/s1. The Morgan fingerprint density at radius 3 is 1.32 bits per heavy atom. The zero-order valence-corrected chi connectivity index (χ0v) is 19.4. The third kappa shape index (κ3) is 5.03. The number of hydrogen-bond donors (Lipinski definition) is 0. The first-order chi connectivity index (χ1) is 14.6. The van der Waals surface area contributed by atoms with Crippen LogP contribution in [-0.4, -0.2) is 29.0 Å². The van der Waals surface area contributed by atoms with Crippen molar-refractivity contribution in [3.05, 3.63) is 59.7 Å². The van der Waals surface area contributed by atoms with Crippen LogP contribution in [0.3, 0.4) is 0 Å². The van der Waals surface area contributed by atoms with Crippen LogP contribution >= 0.6 is 0 Å². The molecule has 0 spiro atoms. The monoisotopic (exact) mass is 464 g/mol. The lowest BCUT2D eigenvalue weighted by molar-refractivity contribution is -0.0135. The van der Waals surface area contributed by atoms with E-state index in [1.54, 1.807) is 48.5 Å². The Morgan fingerprint density at radius 2 is 0.968 bits per heavy atom. The number of benzene rings is 2. The SMILES string of the molecule is Cc1ccc(S(=O)(=O)O[C@H]2CC[C@H]3C[C@H]2CC[C@@H]3OS(=O)(=O)c2ccc(C)cc2)cc1. The van der Waals surface area contributed by atoms with E-state index in [-0.39, 0.29) is 33.8 Å². The van der Waals surface area contributed by atoms with Gasteiger partial charge in [-0.25, -0.2) is 0 Å². The van der Waals surface area contributed by atoms with Crippen molar-refractivity contribution in [2.45, 2.75) is 68.0 Å². The second kappa shape index (κ2) is 8.65. The average molecular weight is 465 g/mol. The molecule has 0 saturated heterocycles. The zero-order chi connectivity index (χ0) is 22.2. The first kappa shape index (κ1) is 22.5. The molecule has 0 heterocycles. The summed E-state index contributed by atoms with van der Waals surface area (Å²) >= 11 is 0. The highest BCUT2D eigenvalue weighted by Gasteiger charge is 2.43. The van der Waals surface area contributed by atoms with Crippen LogP contribution in [0.15, 0.2) is 58.3 Å². The van der Waals surface area contributed by atoms with Gasteiger partial charge < -0.3 is 0 Å². The summed E-state index contributed by atoms with van der Waals surface area (Å²) in [6, 6.07) is 13.3. The number of fused-ring (bicyclic) bond motifs is 2. The second-order valence-corrected chi connectivity index (χ2v) is 11.9. The molecule has 4 atom stereocenters. The maximum absolute atomic E-state index is 12.7. The normalized spacial score (nSPS) is 26.5. The van der Waals surface area contributed by atoms with Crippen molar-refractivity contribution < 1.29 is 25.2 Å². The fourth-order valence-electron chi connectivity index (χ4n) is 4.63. The lowest BCUT2D eigenvalue weighted by atomic mass is 9.69. The summed E-state index contributed by atoms with van der Waals surface area (Å²) in [6.07, 6.45) is 2.46. The molecule has 0 aliphatic heterocycles. The third-order valence-corrected chi connectivity index (χ3v) is 9.12. The van der Waals surface area contributed by atoms with Crippen LogP contribution in [-0.2, 0) is 28.6 Å². The predicted octanol–water partition coefficient (Wildman–Crippen LogP) is 4.36. The van der Waals surface area contributed by atoms with Gasteiger partial charge in [0.15, 0.2) is 0 Å². The van der Waals surface area contributed by atoms with Crippen molar-refractivity contribution in [3.8, 4) is 0 Å². The molecular weight excluding hydrogens is 436 g/mol. The molecule has 0 N–H and O–H groups in total. The molecule has 0 amide bonds. The smallest absolute Gasteiger partial charge is 0.263 e. The molecule has 6 nitrogen and oxygen atoms in total. The molecule has 0 radical (unpaired) electrons. The lowest BCUT2D eigenvalue weighted by Crippen LogP contribution is -2.43. The Hall–Kier alpha value is -1.74. The summed E-state index contributed by atoms with van der Waals surface area (Å²) in [6.45, 7) is 3.80. The molecule has 2 aliphatic carbocycles. The topological polar surface area (TPSA) is 86.7 Å². The second-order valence-electron chi connectivity index (χ2n) is 8.71. The van der Waals surface area contributed by atoms with Gasteiger partial charge >= 0.3 is 0 Å². The van der Waals surface area contributed by atoms with Gasteiger partial charge in [0.25, 0.3) is 20.2 Å². The molecule has 0 unspecified atom stereocenters. The quantitative estimate of drug-likeness (QED) is 0.591. The molecule has 2 bridgehead atoms. The molecule has 2 fully saturated rings. The third-order valence-electron chi connectivity index (χ3n) is 6.42. The molecule has 168 valence electrons. The van der Waals surface area contributed by atoms with Gasteiger partial charge in [0.1, 0.15) is 0 Å². The van der Waals surface area contributed by atoms with Gasteiger partial charge in [-0.1, -0.05) is 35.4 Å². The average Bonchev–Trinajstić information content (AvgIpc) is 2.72. The molecule has 0 aromatic heterocycles. The highest BCUT2D eigenvalue weighted by Crippen LogP contribution is 2.44. The van der Waals surface area contributed by atoms with E-state index < -0.39 is 20.2 Å². The van der Waals surface area contributed by atoms with Crippen molar-refractivity contribution in [1.29, 1.82) is 0 Å². The Kier molecular flexibility index (Phi) is 6.27. The summed E-state index contributed by atoms with van der Waals surface area (Å²) in [7, 11) is -7.64. The van der Waals surface area contributed by atoms with Crippen LogP contribution in [0.4, 0.5) is 0 Å². The molecule has 8 heteroatoms. The fraction of sp³-hybridized carbons (Fsp3) is 0.478. The Morgan fingerprint density at radius 1 is 0.613 bits per heavy atom. The van der Waals surface area contributed by atoms with Crippen LogP contribution < -0.4 is 0 Å². The van der Waals surface area contributed by atoms with Crippen molar-refractivity contribution in [2.75, 3.05) is 0 Å². The fourth-order valence-corrected chi connectivity index (χ4v) is 6.95. The summed E-state index contributed by atoms with van der Waals surface area (Å²) in [4.78, 5) is 0.336. The van der Waals surface area contributed by atoms with E-state index in [2.05, 4.69) is 0 Å². The highest BCUT2D eigenvalue weighted by molar-refractivity contribution is 7.87. The van der Waals surface area contributed by atoms with Gasteiger partial charge in [0.05, 0.1) is 22.0 Å². The number of rotatable bonds is 6. The molecule has 2 aromatic carbocycles. The van der Waals surface area contributed by atoms with Gasteiger partial charge in [0, 0.05) is 0 Å². The van der Waals surface area contributed by atoms with Gasteiger partial charge in [-0.15, -0.1) is 0 Å². The molecule has 2 saturated carbocycles. The maximum atomic E-state index is 12.7. The molecule has 31 heavy (non-hydrogen) atoms. The van der Waals surface area contributed by atoms with Crippen LogP contribution in [0.1, 0.15) is 43.2 Å². The van der Waals surface area contributed by atoms with E-state index in [1.165, 1.54) is 0 Å². The molecule has 2 aromatic rings. The minimum absolute atomic E-state index is 0.0842. The maximum Gasteiger partial charge on any atom is 0.297 e. The minimum Gasteiger partial charge on any atom is -0.263 e. The summed E-state index contributed by atoms with van der Waals surface area (Å²) in [5.74, 6) is 0.168. The first-order valence-corrected chi connectivity index (χ1v) is 13.5. The largest absolute Gasteiger partial charge is 0.297 e. The van der Waals surface area contributed by atoms with Crippen LogP contribution in [0.25, 0.3) is 0 Å². The molecule has 4 rings (SSSR count). The van der Waals surface area contributed by atoms with Crippen molar-refractivity contribution in [1.82, 2.24) is 0 Å². The number of aryl methyl sites for hydroxylation is 2. The van der Waals surface area contributed by atoms with Gasteiger partial charge in [-0.3, -0.25) is 8.37 Å². The van der Waals surface area contributed by atoms with Gasteiger partial charge in [-0.2, -0.15) is 16.8 Å². The predicted molar refractivity (Wildman–Crippen MR) is 117 cm³/mol. The summed E-state index contributed by atoms with van der Waals surface area (Å²) in [5.41, 5.74) is 1.97. The first-order valence-electron chi connectivity index (χ1n) is 10.6.